The highest BCUT2D eigenvalue weighted by Gasteiger charge is 2.17. The number of ether oxygens (including phenoxy) is 1. The van der Waals surface area contributed by atoms with Crippen LogP contribution >= 0.6 is 0 Å². The quantitative estimate of drug-likeness (QED) is 0.640. The minimum Gasteiger partial charge on any atom is -0.465 e. The number of benzene rings is 1. The Morgan fingerprint density at radius 2 is 1.80 bits per heavy atom. The molecule has 0 fully saturated rings. The second-order valence-corrected chi connectivity index (χ2v) is 4.60. The number of hydrogen-bond acceptors (Lipinski definition) is 4. The van der Waals surface area contributed by atoms with Crippen molar-refractivity contribution in [2.45, 2.75) is 13.8 Å². The Hall–Kier alpha value is -2.37. The van der Waals surface area contributed by atoms with Crippen LogP contribution in [0.15, 0.2) is 24.3 Å². The molecular weight excluding hydrogens is 260 g/mol. The standard InChI is InChI=1S/C14H18N2O4/c1-9(2)8-15-12(17)13(18)16-11-7-5-4-6-10(11)14(19)20-3/h4-7,9H,8H2,1-3H3,(H,15,17)(H,16,18). The number of methoxy groups -OCH3 is 1. The zero-order valence-electron chi connectivity index (χ0n) is 11.7. The first-order valence-electron chi connectivity index (χ1n) is 6.22. The van der Waals surface area contributed by atoms with Gasteiger partial charge in [0, 0.05) is 6.54 Å². The summed E-state index contributed by atoms with van der Waals surface area (Å²) in [5.74, 6) is -1.89. The fraction of sp³-hybridized carbons (Fsp3) is 0.357. The second-order valence-electron chi connectivity index (χ2n) is 4.60. The average molecular weight is 278 g/mol. The van der Waals surface area contributed by atoms with Crippen LogP contribution in [0.2, 0.25) is 0 Å². The third-order valence-corrected chi connectivity index (χ3v) is 2.46. The van der Waals surface area contributed by atoms with Gasteiger partial charge in [0.2, 0.25) is 0 Å². The van der Waals surface area contributed by atoms with Crippen molar-refractivity contribution in [1.29, 1.82) is 0 Å². The van der Waals surface area contributed by atoms with E-state index in [1.165, 1.54) is 19.2 Å². The molecule has 0 aliphatic carbocycles. The van der Waals surface area contributed by atoms with Crippen LogP contribution in [-0.4, -0.2) is 31.4 Å². The maximum Gasteiger partial charge on any atom is 0.339 e. The van der Waals surface area contributed by atoms with E-state index < -0.39 is 17.8 Å². The van der Waals surface area contributed by atoms with E-state index in [0.29, 0.717) is 6.54 Å². The van der Waals surface area contributed by atoms with Gasteiger partial charge in [-0.1, -0.05) is 26.0 Å². The van der Waals surface area contributed by atoms with Gasteiger partial charge in [0.1, 0.15) is 0 Å². The van der Waals surface area contributed by atoms with Crippen LogP contribution in [0.3, 0.4) is 0 Å². The molecule has 0 saturated heterocycles. The molecule has 0 radical (unpaired) electrons. The molecule has 20 heavy (non-hydrogen) atoms. The van der Waals surface area contributed by atoms with Gasteiger partial charge in [-0.3, -0.25) is 9.59 Å². The van der Waals surface area contributed by atoms with Crippen molar-refractivity contribution in [3.05, 3.63) is 29.8 Å². The van der Waals surface area contributed by atoms with Crippen LogP contribution in [-0.2, 0) is 14.3 Å². The van der Waals surface area contributed by atoms with Gasteiger partial charge >= 0.3 is 17.8 Å². The summed E-state index contributed by atoms with van der Waals surface area (Å²) < 4.78 is 4.61. The molecule has 2 N–H and O–H groups in total. The Kier molecular flexibility index (Phi) is 5.71. The molecule has 0 bridgehead atoms. The van der Waals surface area contributed by atoms with E-state index >= 15 is 0 Å². The SMILES string of the molecule is COC(=O)c1ccccc1NC(=O)C(=O)NCC(C)C. The lowest BCUT2D eigenvalue weighted by molar-refractivity contribution is -0.136. The largest absolute Gasteiger partial charge is 0.465 e. The molecule has 1 aromatic carbocycles. The monoisotopic (exact) mass is 278 g/mol. The zero-order valence-corrected chi connectivity index (χ0v) is 11.7. The molecule has 1 aromatic rings. The Labute approximate surface area is 117 Å². The van der Waals surface area contributed by atoms with Gasteiger partial charge in [-0.25, -0.2) is 4.79 Å². The molecule has 6 nitrogen and oxygen atoms in total. The predicted octanol–water partition coefficient (Wildman–Crippen LogP) is 1.18. The van der Waals surface area contributed by atoms with Crippen molar-refractivity contribution in [2.24, 2.45) is 5.92 Å². The Balaban J connectivity index is 2.76. The van der Waals surface area contributed by atoms with E-state index in [9.17, 15) is 14.4 Å². The topological polar surface area (TPSA) is 84.5 Å². The highest BCUT2D eigenvalue weighted by molar-refractivity contribution is 6.40. The summed E-state index contributed by atoms with van der Waals surface area (Å²) in [6.45, 7) is 4.25. The molecule has 0 aliphatic rings. The van der Waals surface area contributed by atoms with Gasteiger partial charge in [0.25, 0.3) is 0 Å². The fourth-order valence-electron chi connectivity index (χ4n) is 1.44. The van der Waals surface area contributed by atoms with Crippen molar-refractivity contribution in [3.63, 3.8) is 0 Å². The summed E-state index contributed by atoms with van der Waals surface area (Å²) in [6, 6.07) is 6.32. The number of esters is 1. The van der Waals surface area contributed by atoms with Gasteiger partial charge < -0.3 is 15.4 Å². The highest BCUT2D eigenvalue weighted by Crippen LogP contribution is 2.15. The van der Waals surface area contributed by atoms with Crippen molar-refractivity contribution >= 4 is 23.5 Å². The lowest BCUT2D eigenvalue weighted by Crippen LogP contribution is -2.37. The molecule has 0 saturated carbocycles. The Bertz CT molecular complexity index is 512. The average Bonchev–Trinajstić information content (AvgIpc) is 2.44. The Morgan fingerprint density at radius 3 is 2.40 bits per heavy atom. The number of carbonyl (C=O) groups is 3. The maximum atomic E-state index is 11.7. The van der Waals surface area contributed by atoms with Crippen molar-refractivity contribution in [2.75, 3.05) is 19.0 Å². The normalized spacial score (nSPS) is 10.0. The molecular formula is C14H18N2O4. The van der Waals surface area contributed by atoms with E-state index in [0.717, 1.165) is 0 Å². The minimum absolute atomic E-state index is 0.194. The smallest absolute Gasteiger partial charge is 0.339 e. The number of para-hydroxylation sites is 1. The summed E-state index contributed by atoms with van der Waals surface area (Å²) in [6.07, 6.45) is 0. The lowest BCUT2D eigenvalue weighted by Gasteiger charge is -2.10. The molecule has 108 valence electrons. The van der Waals surface area contributed by atoms with E-state index in [1.54, 1.807) is 12.1 Å². The number of amides is 2. The molecule has 0 atom stereocenters. The molecule has 0 aromatic heterocycles. The molecule has 1 rings (SSSR count). The number of nitrogens with one attached hydrogen (secondary N) is 2. The number of carbonyl (C=O) groups excluding carboxylic acids is 3. The molecule has 0 heterocycles. The molecule has 0 aliphatic heterocycles. The number of anilines is 1. The first-order chi connectivity index (χ1) is 9.45. The summed E-state index contributed by atoms with van der Waals surface area (Å²) in [5.41, 5.74) is 0.434. The summed E-state index contributed by atoms with van der Waals surface area (Å²) in [4.78, 5) is 34.8. The van der Waals surface area contributed by atoms with Gasteiger partial charge in [-0.15, -0.1) is 0 Å². The van der Waals surface area contributed by atoms with Crippen LogP contribution in [0.25, 0.3) is 0 Å². The Morgan fingerprint density at radius 1 is 1.15 bits per heavy atom. The summed E-state index contributed by atoms with van der Waals surface area (Å²) >= 11 is 0. The maximum absolute atomic E-state index is 11.7. The lowest BCUT2D eigenvalue weighted by atomic mass is 10.2. The van der Waals surface area contributed by atoms with Crippen molar-refractivity contribution in [3.8, 4) is 0 Å². The first-order valence-corrected chi connectivity index (χ1v) is 6.22. The minimum atomic E-state index is -0.818. The predicted molar refractivity (Wildman–Crippen MR) is 74.3 cm³/mol. The summed E-state index contributed by atoms with van der Waals surface area (Å²) in [5, 5.41) is 4.90. The third-order valence-electron chi connectivity index (χ3n) is 2.46. The van der Waals surface area contributed by atoms with Gasteiger partial charge in [-0.05, 0) is 18.1 Å². The highest BCUT2D eigenvalue weighted by atomic mass is 16.5. The van der Waals surface area contributed by atoms with E-state index in [1.807, 2.05) is 13.8 Å². The van der Waals surface area contributed by atoms with E-state index in [4.69, 9.17) is 0 Å². The third kappa shape index (κ3) is 4.38. The van der Waals surface area contributed by atoms with Crippen LogP contribution in [0.1, 0.15) is 24.2 Å². The van der Waals surface area contributed by atoms with Gasteiger partial charge in [0.05, 0.1) is 18.4 Å². The van der Waals surface area contributed by atoms with Crippen LogP contribution < -0.4 is 10.6 Å². The van der Waals surface area contributed by atoms with Gasteiger partial charge in [-0.2, -0.15) is 0 Å². The van der Waals surface area contributed by atoms with E-state index in [-0.39, 0.29) is 17.2 Å². The molecule has 2 amide bonds. The van der Waals surface area contributed by atoms with Crippen molar-refractivity contribution < 1.29 is 19.1 Å². The van der Waals surface area contributed by atoms with Crippen molar-refractivity contribution in [1.82, 2.24) is 5.32 Å². The second kappa shape index (κ2) is 7.28. The molecule has 6 heteroatoms. The van der Waals surface area contributed by atoms with E-state index in [2.05, 4.69) is 15.4 Å². The van der Waals surface area contributed by atoms with Crippen LogP contribution in [0.4, 0.5) is 5.69 Å². The fourth-order valence-corrected chi connectivity index (χ4v) is 1.44. The summed E-state index contributed by atoms with van der Waals surface area (Å²) in [7, 11) is 1.25. The first kappa shape index (κ1) is 15.7. The number of rotatable bonds is 4. The van der Waals surface area contributed by atoms with Gasteiger partial charge in [0.15, 0.2) is 0 Å². The molecule has 0 spiro atoms. The van der Waals surface area contributed by atoms with Crippen LogP contribution in [0.5, 0.6) is 0 Å². The number of hydrogen-bond donors (Lipinski definition) is 2. The van der Waals surface area contributed by atoms with Crippen LogP contribution in [0, 0.1) is 5.92 Å². The molecule has 0 unspecified atom stereocenters. The zero-order chi connectivity index (χ0) is 15.1.